The molecule has 0 radical (unpaired) electrons. The van der Waals surface area contributed by atoms with Crippen LogP contribution in [0, 0.1) is 13.8 Å². The smallest absolute Gasteiger partial charge is 0.282 e. The van der Waals surface area contributed by atoms with E-state index in [0.717, 1.165) is 22.4 Å². The molecule has 9 nitrogen and oxygen atoms in total. The molecule has 0 bridgehead atoms. The number of aryl methyl sites for hydroxylation is 2. The second kappa shape index (κ2) is 9.18. The predicted molar refractivity (Wildman–Crippen MR) is 127 cm³/mol. The maximum Gasteiger partial charge on any atom is 0.282 e. The minimum atomic E-state index is -2.69. The number of aliphatic hydroxyl groups excluding tert-OH is 1. The average Bonchev–Trinajstić information content (AvgIpc) is 3.44. The van der Waals surface area contributed by atoms with E-state index in [2.05, 4.69) is 25.6 Å². The number of aromatic nitrogens is 7. The molecule has 0 atom stereocenters. The Bertz CT molecular complexity index is 1490. The molecule has 0 fully saturated rings. The van der Waals surface area contributed by atoms with Crippen molar-refractivity contribution >= 4 is 22.5 Å². The Balaban J connectivity index is 1.57. The van der Waals surface area contributed by atoms with Gasteiger partial charge in [0.1, 0.15) is 17.8 Å². The van der Waals surface area contributed by atoms with Gasteiger partial charge in [0.2, 0.25) is 0 Å². The first-order chi connectivity index (χ1) is 16.9. The van der Waals surface area contributed by atoms with Gasteiger partial charge in [-0.3, -0.25) is 4.57 Å². The van der Waals surface area contributed by atoms with E-state index < -0.39 is 6.43 Å². The lowest BCUT2D eigenvalue weighted by atomic mass is 10.2. The van der Waals surface area contributed by atoms with Gasteiger partial charge in [-0.2, -0.15) is 10.2 Å². The van der Waals surface area contributed by atoms with Crippen molar-refractivity contribution in [2.24, 2.45) is 0 Å². The number of benzene rings is 1. The van der Waals surface area contributed by atoms with Crippen LogP contribution in [0.2, 0.25) is 0 Å². The van der Waals surface area contributed by atoms with E-state index in [-0.39, 0.29) is 12.3 Å². The van der Waals surface area contributed by atoms with Crippen LogP contribution in [0.15, 0.2) is 54.9 Å². The quantitative estimate of drug-likeness (QED) is 0.362. The second-order valence-corrected chi connectivity index (χ2v) is 8.05. The molecule has 0 aliphatic rings. The normalized spacial score (nSPS) is 11.5. The van der Waals surface area contributed by atoms with E-state index in [1.807, 2.05) is 43.3 Å². The maximum atomic E-state index is 13.3. The van der Waals surface area contributed by atoms with Crippen LogP contribution in [-0.4, -0.2) is 46.2 Å². The first kappa shape index (κ1) is 22.5. The Kier molecular flexibility index (Phi) is 5.91. The summed E-state index contributed by atoms with van der Waals surface area (Å²) in [6.07, 6.45) is -0.734. The predicted octanol–water partition coefficient (Wildman–Crippen LogP) is 4.23. The molecule has 5 rings (SSSR count). The minimum Gasteiger partial charge on any atom is -0.396 e. The molecule has 0 spiro atoms. The summed E-state index contributed by atoms with van der Waals surface area (Å²) in [6.45, 7) is 3.45. The summed E-state index contributed by atoms with van der Waals surface area (Å²) in [5, 5.41) is 25.0. The molecule has 1 aromatic carbocycles. The SMILES string of the molecule is Cc1ccc(Nc2ccc3ncn(-c4ccc(CCO)c(-n5nc(C(F)F)cc5C)n4)c3c2)nn1. The second-order valence-electron chi connectivity index (χ2n) is 8.05. The monoisotopic (exact) mass is 476 g/mol. The summed E-state index contributed by atoms with van der Waals surface area (Å²) in [7, 11) is 0. The molecular weight excluding hydrogens is 454 g/mol. The van der Waals surface area contributed by atoms with Crippen LogP contribution in [0.5, 0.6) is 0 Å². The molecule has 11 heteroatoms. The zero-order valence-electron chi connectivity index (χ0n) is 19.0. The number of pyridine rings is 1. The fraction of sp³-hybridized carbons (Fsp3) is 0.208. The van der Waals surface area contributed by atoms with Gasteiger partial charge in [-0.05, 0) is 68.3 Å². The number of nitrogens with zero attached hydrogens (tertiary/aromatic N) is 7. The lowest BCUT2D eigenvalue weighted by molar-refractivity contribution is 0.145. The van der Waals surface area contributed by atoms with Gasteiger partial charge < -0.3 is 10.4 Å². The van der Waals surface area contributed by atoms with Gasteiger partial charge in [0.05, 0.1) is 16.7 Å². The van der Waals surface area contributed by atoms with Crippen LogP contribution < -0.4 is 5.32 Å². The van der Waals surface area contributed by atoms with Crippen molar-refractivity contribution in [1.82, 2.24) is 34.5 Å². The lowest BCUT2D eigenvalue weighted by Gasteiger charge is -2.13. The van der Waals surface area contributed by atoms with Crippen LogP contribution in [0.3, 0.4) is 0 Å². The van der Waals surface area contributed by atoms with E-state index in [4.69, 9.17) is 4.98 Å². The summed E-state index contributed by atoms with van der Waals surface area (Å²) in [4.78, 5) is 9.20. The molecule has 35 heavy (non-hydrogen) atoms. The highest BCUT2D eigenvalue weighted by molar-refractivity contribution is 5.82. The van der Waals surface area contributed by atoms with Gasteiger partial charge in [-0.1, -0.05) is 6.07 Å². The van der Waals surface area contributed by atoms with Gasteiger partial charge >= 0.3 is 0 Å². The van der Waals surface area contributed by atoms with Crippen molar-refractivity contribution in [3.63, 3.8) is 0 Å². The minimum absolute atomic E-state index is 0.110. The third kappa shape index (κ3) is 4.45. The highest BCUT2D eigenvalue weighted by atomic mass is 19.3. The summed E-state index contributed by atoms with van der Waals surface area (Å²) in [6, 6.07) is 14.3. The third-order valence-corrected chi connectivity index (χ3v) is 5.52. The van der Waals surface area contributed by atoms with Gasteiger partial charge in [0, 0.05) is 18.0 Å². The Hall–Kier alpha value is -4.25. The topological polar surface area (TPSA) is 107 Å². The van der Waals surface area contributed by atoms with Crippen LogP contribution in [0.1, 0.15) is 29.1 Å². The molecule has 0 amide bonds. The average molecular weight is 476 g/mol. The highest BCUT2D eigenvalue weighted by Crippen LogP contribution is 2.26. The summed E-state index contributed by atoms with van der Waals surface area (Å²) >= 11 is 0. The van der Waals surface area contributed by atoms with Crippen molar-refractivity contribution in [3.05, 3.63) is 77.5 Å². The van der Waals surface area contributed by atoms with E-state index >= 15 is 0 Å². The molecule has 0 aliphatic carbocycles. The standard InChI is InChI=1S/C24H22F2N8O/c1-14-3-7-21(31-30-14)28-17-5-6-18-20(12-17)33(13-27-18)22-8-4-16(9-10-35)24(29-22)34-15(2)11-19(32-34)23(25)26/h3-8,11-13,23,35H,9-10H2,1-2H3,(H,28,31). The van der Waals surface area contributed by atoms with E-state index in [1.165, 1.54) is 10.7 Å². The maximum absolute atomic E-state index is 13.3. The third-order valence-electron chi connectivity index (χ3n) is 5.52. The van der Waals surface area contributed by atoms with Gasteiger partial charge in [0.15, 0.2) is 11.6 Å². The Morgan fingerprint density at radius 3 is 2.60 bits per heavy atom. The van der Waals surface area contributed by atoms with Crippen molar-refractivity contribution in [1.29, 1.82) is 0 Å². The lowest BCUT2D eigenvalue weighted by Crippen LogP contribution is -2.10. The molecular formula is C24H22F2N8O. The Morgan fingerprint density at radius 2 is 1.89 bits per heavy atom. The molecule has 0 unspecified atom stereocenters. The highest BCUT2D eigenvalue weighted by Gasteiger charge is 2.18. The van der Waals surface area contributed by atoms with E-state index in [0.29, 0.717) is 35.1 Å². The zero-order chi connectivity index (χ0) is 24.5. The number of anilines is 2. The number of alkyl halides is 2. The molecule has 5 aromatic rings. The van der Waals surface area contributed by atoms with Gasteiger partial charge in [-0.25, -0.2) is 23.4 Å². The van der Waals surface area contributed by atoms with Crippen molar-refractivity contribution in [2.75, 3.05) is 11.9 Å². The van der Waals surface area contributed by atoms with E-state index in [1.54, 1.807) is 23.9 Å². The van der Waals surface area contributed by atoms with E-state index in [9.17, 15) is 13.9 Å². The van der Waals surface area contributed by atoms with Gasteiger partial charge in [-0.15, -0.1) is 5.10 Å². The van der Waals surface area contributed by atoms with Crippen molar-refractivity contribution in [2.45, 2.75) is 26.7 Å². The zero-order valence-corrected chi connectivity index (χ0v) is 19.0. The first-order valence-corrected chi connectivity index (χ1v) is 10.9. The number of halogens is 2. The fourth-order valence-corrected chi connectivity index (χ4v) is 3.80. The number of nitrogens with one attached hydrogen (secondary N) is 1. The number of hydrogen-bond acceptors (Lipinski definition) is 7. The fourth-order valence-electron chi connectivity index (χ4n) is 3.80. The number of fused-ring (bicyclic) bond motifs is 1. The number of hydrogen-bond donors (Lipinski definition) is 2. The molecule has 0 saturated carbocycles. The number of imidazole rings is 1. The summed E-state index contributed by atoms with van der Waals surface area (Å²) in [5.74, 6) is 1.52. The van der Waals surface area contributed by atoms with Crippen LogP contribution in [-0.2, 0) is 6.42 Å². The molecule has 178 valence electrons. The van der Waals surface area contributed by atoms with Crippen LogP contribution in [0.25, 0.3) is 22.7 Å². The summed E-state index contributed by atoms with van der Waals surface area (Å²) < 4.78 is 29.7. The Labute approximate surface area is 199 Å². The molecule has 4 heterocycles. The molecule has 4 aromatic heterocycles. The molecule has 0 saturated heterocycles. The summed E-state index contributed by atoms with van der Waals surface area (Å²) in [5.41, 5.74) is 4.03. The molecule has 2 N–H and O–H groups in total. The number of aliphatic hydroxyl groups is 1. The van der Waals surface area contributed by atoms with Crippen molar-refractivity contribution in [3.8, 4) is 11.6 Å². The Morgan fingerprint density at radius 1 is 1.03 bits per heavy atom. The molecule has 0 aliphatic heterocycles. The van der Waals surface area contributed by atoms with Gasteiger partial charge in [0.25, 0.3) is 6.43 Å². The van der Waals surface area contributed by atoms with Crippen molar-refractivity contribution < 1.29 is 13.9 Å². The number of rotatable bonds is 7. The van der Waals surface area contributed by atoms with Crippen LogP contribution >= 0.6 is 0 Å². The van der Waals surface area contributed by atoms with Crippen LogP contribution in [0.4, 0.5) is 20.3 Å². The first-order valence-electron chi connectivity index (χ1n) is 10.9. The largest absolute Gasteiger partial charge is 0.396 e.